The van der Waals surface area contributed by atoms with Crippen molar-refractivity contribution in [3.05, 3.63) is 59.1 Å². The van der Waals surface area contributed by atoms with E-state index in [9.17, 15) is 5.26 Å². The lowest BCUT2D eigenvalue weighted by Crippen LogP contribution is -1.92. The Kier molecular flexibility index (Phi) is 2.23. The summed E-state index contributed by atoms with van der Waals surface area (Å²) in [5, 5.41) is 10.9. The highest BCUT2D eigenvalue weighted by molar-refractivity contribution is 6.31. The van der Waals surface area contributed by atoms with Gasteiger partial charge in [-0.05, 0) is 36.4 Å². The molecule has 0 spiro atoms. The summed E-state index contributed by atoms with van der Waals surface area (Å²) in [6.45, 7) is 0. The summed E-state index contributed by atoms with van der Waals surface area (Å²) >= 11 is 6.05. The smallest absolute Gasteiger partial charge is 0.156 e. The molecule has 4 heteroatoms. The standard InChI is InChI=1S/C16H8ClN3/c17-12-5-6-14-10(8-12)7-11(9-18)16-19-13-3-1-2-4-15(13)20(14)16/h1-8H. The monoisotopic (exact) mass is 277 g/mol. The molecule has 0 amide bonds. The number of hydrogen-bond acceptors (Lipinski definition) is 2. The zero-order chi connectivity index (χ0) is 13.7. The molecule has 0 bridgehead atoms. The topological polar surface area (TPSA) is 41.1 Å². The Balaban J connectivity index is 2.37. The average Bonchev–Trinajstić information content (AvgIpc) is 2.85. The number of benzene rings is 2. The molecule has 2 aromatic carbocycles. The Morgan fingerprint density at radius 3 is 2.75 bits per heavy atom. The van der Waals surface area contributed by atoms with E-state index in [0.717, 1.165) is 21.9 Å². The van der Waals surface area contributed by atoms with E-state index >= 15 is 0 Å². The lowest BCUT2D eigenvalue weighted by molar-refractivity contribution is 1.28. The van der Waals surface area contributed by atoms with Gasteiger partial charge < -0.3 is 0 Å². The van der Waals surface area contributed by atoms with Gasteiger partial charge >= 0.3 is 0 Å². The predicted octanol–water partition coefficient (Wildman–Crippen LogP) is 4.17. The highest BCUT2D eigenvalue weighted by Gasteiger charge is 2.12. The van der Waals surface area contributed by atoms with E-state index in [1.165, 1.54) is 0 Å². The molecule has 4 rings (SSSR count). The largest absolute Gasteiger partial charge is 0.291 e. The van der Waals surface area contributed by atoms with Crippen molar-refractivity contribution in [2.24, 2.45) is 0 Å². The van der Waals surface area contributed by atoms with Crippen LogP contribution in [0.2, 0.25) is 5.02 Å². The van der Waals surface area contributed by atoms with Crippen LogP contribution in [0.15, 0.2) is 48.5 Å². The number of nitrogens with zero attached hydrogens (tertiary/aromatic N) is 3. The molecular weight excluding hydrogens is 270 g/mol. The molecule has 20 heavy (non-hydrogen) atoms. The molecule has 2 aromatic heterocycles. The second kappa shape index (κ2) is 3.96. The van der Waals surface area contributed by atoms with Crippen LogP contribution in [0.25, 0.3) is 27.6 Å². The van der Waals surface area contributed by atoms with E-state index in [2.05, 4.69) is 11.1 Å². The zero-order valence-electron chi connectivity index (χ0n) is 10.3. The second-order valence-corrected chi connectivity index (χ2v) is 5.07. The van der Waals surface area contributed by atoms with Gasteiger partial charge in [-0.3, -0.25) is 4.40 Å². The number of halogens is 1. The summed E-state index contributed by atoms with van der Waals surface area (Å²) in [4.78, 5) is 4.57. The predicted molar refractivity (Wildman–Crippen MR) is 79.9 cm³/mol. The number of aromatic nitrogens is 2. The third-order valence-electron chi connectivity index (χ3n) is 3.45. The minimum absolute atomic E-state index is 0.552. The minimum Gasteiger partial charge on any atom is -0.291 e. The van der Waals surface area contributed by atoms with Crippen LogP contribution in [0.1, 0.15) is 5.56 Å². The van der Waals surface area contributed by atoms with Crippen LogP contribution < -0.4 is 0 Å². The fourth-order valence-electron chi connectivity index (χ4n) is 2.60. The van der Waals surface area contributed by atoms with Crippen LogP contribution in [0.4, 0.5) is 0 Å². The third-order valence-corrected chi connectivity index (χ3v) is 3.69. The maximum Gasteiger partial charge on any atom is 0.156 e. The summed E-state index contributed by atoms with van der Waals surface area (Å²) in [6, 6.07) is 17.6. The van der Waals surface area contributed by atoms with Crippen LogP contribution in [0.5, 0.6) is 0 Å². The number of hydrogen-bond donors (Lipinski definition) is 0. The zero-order valence-corrected chi connectivity index (χ0v) is 11.1. The number of rotatable bonds is 0. The summed E-state index contributed by atoms with van der Waals surface area (Å²) in [5.74, 6) is 0. The van der Waals surface area contributed by atoms with Gasteiger partial charge in [0.15, 0.2) is 5.65 Å². The molecule has 0 unspecified atom stereocenters. The molecule has 94 valence electrons. The van der Waals surface area contributed by atoms with Gasteiger partial charge in [-0.2, -0.15) is 5.26 Å². The van der Waals surface area contributed by atoms with Gasteiger partial charge in [0.25, 0.3) is 0 Å². The van der Waals surface area contributed by atoms with Gasteiger partial charge in [0.05, 0.1) is 22.1 Å². The molecular formula is C16H8ClN3. The molecule has 0 saturated heterocycles. The average molecular weight is 278 g/mol. The number of para-hydroxylation sites is 2. The first-order valence-corrected chi connectivity index (χ1v) is 6.55. The van der Waals surface area contributed by atoms with Crippen LogP contribution in [0, 0.1) is 11.3 Å². The van der Waals surface area contributed by atoms with Crippen LogP contribution in [-0.4, -0.2) is 9.38 Å². The van der Waals surface area contributed by atoms with E-state index in [1.807, 2.05) is 52.9 Å². The first-order valence-electron chi connectivity index (χ1n) is 6.17. The van der Waals surface area contributed by atoms with Crippen molar-refractivity contribution in [3.63, 3.8) is 0 Å². The summed E-state index contributed by atoms with van der Waals surface area (Å²) in [7, 11) is 0. The van der Waals surface area contributed by atoms with Crippen molar-refractivity contribution < 1.29 is 0 Å². The normalized spacial score (nSPS) is 11.2. The van der Waals surface area contributed by atoms with E-state index < -0.39 is 0 Å². The molecule has 0 aliphatic carbocycles. The van der Waals surface area contributed by atoms with Crippen LogP contribution in [0.3, 0.4) is 0 Å². The third kappa shape index (κ3) is 1.43. The van der Waals surface area contributed by atoms with Crippen molar-refractivity contribution in [1.29, 1.82) is 5.26 Å². The van der Waals surface area contributed by atoms with Crippen LogP contribution >= 0.6 is 11.6 Å². The molecule has 0 fully saturated rings. The lowest BCUT2D eigenvalue weighted by Gasteiger charge is -2.05. The number of imidazole rings is 1. The molecule has 0 atom stereocenters. The Bertz CT molecular complexity index is 1020. The molecule has 0 radical (unpaired) electrons. The number of pyridine rings is 1. The van der Waals surface area contributed by atoms with Gasteiger partial charge in [0, 0.05) is 10.4 Å². The first kappa shape index (κ1) is 11.3. The summed E-state index contributed by atoms with van der Waals surface area (Å²) in [5.41, 5.74) is 4.11. The lowest BCUT2D eigenvalue weighted by atomic mass is 10.1. The number of nitriles is 1. The quantitative estimate of drug-likeness (QED) is 0.484. The Morgan fingerprint density at radius 1 is 1.05 bits per heavy atom. The van der Waals surface area contributed by atoms with E-state index in [1.54, 1.807) is 0 Å². The van der Waals surface area contributed by atoms with Gasteiger partial charge in [-0.1, -0.05) is 23.7 Å². The fraction of sp³-hybridized carbons (Fsp3) is 0. The maximum atomic E-state index is 9.35. The highest BCUT2D eigenvalue weighted by Crippen LogP contribution is 2.27. The van der Waals surface area contributed by atoms with Crippen molar-refractivity contribution >= 4 is 39.2 Å². The van der Waals surface area contributed by atoms with E-state index in [4.69, 9.17) is 11.6 Å². The molecule has 3 nitrogen and oxygen atoms in total. The molecule has 4 aromatic rings. The minimum atomic E-state index is 0.552. The summed E-state index contributed by atoms with van der Waals surface area (Å²) in [6.07, 6.45) is 0. The van der Waals surface area contributed by atoms with Crippen molar-refractivity contribution in [2.75, 3.05) is 0 Å². The van der Waals surface area contributed by atoms with E-state index in [0.29, 0.717) is 16.2 Å². The van der Waals surface area contributed by atoms with Gasteiger partial charge in [-0.25, -0.2) is 4.98 Å². The van der Waals surface area contributed by atoms with Crippen molar-refractivity contribution in [2.45, 2.75) is 0 Å². The Hall–Kier alpha value is -2.57. The Labute approximate surface area is 119 Å². The van der Waals surface area contributed by atoms with E-state index in [-0.39, 0.29) is 0 Å². The highest BCUT2D eigenvalue weighted by atomic mass is 35.5. The van der Waals surface area contributed by atoms with Gasteiger partial charge in [0.2, 0.25) is 0 Å². The van der Waals surface area contributed by atoms with Gasteiger partial charge in [0.1, 0.15) is 6.07 Å². The molecule has 0 N–H and O–H groups in total. The molecule has 2 heterocycles. The Morgan fingerprint density at radius 2 is 1.90 bits per heavy atom. The van der Waals surface area contributed by atoms with Gasteiger partial charge in [-0.15, -0.1) is 0 Å². The molecule has 0 aliphatic heterocycles. The molecule has 0 saturated carbocycles. The SMILES string of the molecule is N#Cc1cc2cc(Cl)ccc2n2c1nc1ccccc12. The van der Waals surface area contributed by atoms with Crippen LogP contribution in [-0.2, 0) is 0 Å². The summed E-state index contributed by atoms with van der Waals surface area (Å²) < 4.78 is 2.01. The maximum absolute atomic E-state index is 9.35. The number of fused-ring (bicyclic) bond motifs is 5. The van der Waals surface area contributed by atoms with Crippen molar-refractivity contribution in [1.82, 2.24) is 9.38 Å². The second-order valence-electron chi connectivity index (χ2n) is 4.63. The molecule has 0 aliphatic rings. The van der Waals surface area contributed by atoms with Crippen molar-refractivity contribution in [3.8, 4) is 6.07 Å². The fourth-order valence-corrected chi connectivity index (χ4v) is 2.78. The first-order chi connectivity index (χ1) is 9.78.